The lowest BCUT2D eigenvalue weighted by atomic mass is 10.0. The van der Waals surface area contributed by atoms with Crippen molar-refractivity contribution in [2.24, 2.45) is 0 Å². The number of aromatic amines is 1. The Bertz CT molecular complexity index is 1130. The Balaban J connectivity index is 1.84. The van der Waals surface area contributed by atoms with Crippen LogP contribution in [-0.4, -0.2) is 48.6 Å². The molecule has 8 nitrogen and oxygen atoms in total. The molecule has 0 atom stereocenters. The van der Waals surface area contributed by atoms with Crippen molar-refractivity contribution in [1.29, 1.82) is 5.41 Å². The Labute approximate surface area is 180 Å². The molecule has 2 amide bonds. The lowest BCUT2D eigenvalue weighted by molar-refractivity contribution is 0.0954. The van der Waals surface area contributed by atoms with Crippen molar-refractivity contribution >= 4 is 28.9 Å². The molecular weight excluding hydrogens is 392 g/mol. The fourth-order valence-electron chi connectivity index (χ4n) is 3.35. The first-order valence-electron chi connectivity index (χ1n) is 9.98. The predicted molar refractivity (Wildman–Crippen MR) is 122 cm³/mol. The molecule has 5 N–H and O–H groups in total. The molecule has 0 aliphatic rings. The van der Waals surface area contributed by atoms with Gasteiger partial charge in [-0.05, 0) is 41.8 Å². The van der Waals surface area contributed by atoms with Crippen LogP contribution in [0.5, 0.6) is 0 Å². The first-order chi connectivity index (χ1) is 15.0. The smallest absolute Gasteiger partial charge is 0.269 e. The molecule has 0 saturated heterocycles. The molecule has 0 aliphatic carbocycles. The van der Waals surface area contributed by atoms with E-state index in [2.05, 4.69) is 25.9 Å². The quantitative estimate of drug-likeness (QED) is 0.342. The van der Waals surface area contributed by atoms with Gasteiger partial charge in [0.2, 0.25) is 0 Å². The number of pyridine rings is 1. The minimum Gasteiger partial charge on any atom is -0.394 e. The second kappa shape index (κ2) is 10.2. The Morgan fingerprint density at radius 1 is 1.16 bits per heavy atom. The van der Waals surface area contributed by atoms with E-state index in [-0.39, 0.29) is 17.5 Å². The topological polar surface area (TPSA) is 123 Å². The third-order valence-corrected chi connectivity index (χ3v) is 4.87. The van der Waals surface area contributed by atoms with Gasteiger partial charge in [0.1, 0.15) is 5.69 Å². The SMILES string of the molecule is CN/C=C(\C=N)CCNC(=O)c1cc(Cc2cccc3[nH]ccc23)nc(C(=O)NC)c1. The largest absolute Gasteiger partial charge is 0.394 e. The Hall–Kier alpha value is -3.94. The van der Waals surface area contributed by atoms with Gasteiger partial charge in [0, 0.05) is 67.8 Å². The van der Waals surface area contributed by atoms with Crippen molar-refractivity contribution < 1.29 is 9.59 Å². The maximum atomic E-state index is 12.7. The van der Waals surface area contributed by atoms with Gasteiger partial charge >= 0.3 is 0 Å². The standard InChI is InChI=1S/C23H26N6O2/c1-25-14-15(13-24)6-8-28-22(30)17-11-18(29-21(12-17)23(31)26-2)10-16-4-3-5-20-19(16)7-9-27-20/h3-5,7,9,11-14,24-25,27H,6,8,10H2,1-2H3,(H,26,31)(H,28,30)/b15-14-,24-13?. The summed E-state index contributed by atoms with van der Waals surface area (Å²) in [6.45, 7) is 0.372. The Morgan fingerprint density at radius 2 is 2.00 bits per heavy atom. The fraction of sp³-hybridized carbons (Fsp3) is 0.217. The number of hydrogen-bond acceptors (Lipinski definition) is 5. The summed E-state index contributed by atoms with van der Waals surface area (Å²) in [5, 5.41) is 16.8. The fourth-order valence-corrected chi connectivity index (χ4v) is 3.35. The lowest BCUT2D eigenvalue weighted by Crippen LogP contribution is -2.27. The summed E-state index contributed by atoms with van der Waals surface area (Å²) in [6, 6.07) is 11.2. The molecular formula is C23H26N6O2. The molecule has 0 radical (unpaired) electrons. The highest BCUT2D eigenvalue weighted by atomic mass is 16.2. The van der Waals surface area contributed by atoms with E-state index < -0.39 is 0 Å². The highest BCUT2D eigenvalue weighted by molar-refractivity contribution is 5.98. The molecule has 1 aromatic carbocycles. The molecule has 160 valence electrons. The molecule has 0 aliphatic heterocycles. The van der Waals surface area contributed by atoms with Crippen LogP contribution in [0.3, 0.4) is 0 Å². The van der Waals surface area contributed by atoms with Crippen LogP contribution in [0.4, 0.5) is 0 Å². The number of fused-ring (bicyclic) bond motifs is 1. The van der Waals surface area contributed by atoms with E-state index in [1.165, 1.54) is 19.3 Å². The summed E-state index contributed by atoms with van der Waals surface area (Å²) in [5.74, 6) is -0.638. The van der Waals surface area contributed by atoms with Crippen LogP contribution in [0.25, 0.3) is 10.9 Å². The third-order valence-electron chi connectivity index (χ3n) is 4.87. The van der Waals surface area contributed by atoms with Gasteiger partial charge in [-0.1, -0.05) is 12.1 Å². The molecule has 31 heavy (non-hydrogen) atoms. The van der Waals surface area contributed by atoms with Crippen LogP contribution in [0.2, 0.25) is 0 Å². The Kier molecular flexibility index (Phi) is 7.16. The zero-order valence-electron chi connectivity index (χ0n) is 17.6. The van der Waals surface area contributed by atoms with Gasteiger partial charge in [-0.2, -0.15) is 0 Å². The highest BCUT2D eigenvalue weighted by Crippen LogP contribution is 2.20. The van der Waals surface area contributed by atoms with Gasteiger partial charge in [-0.15, -0.1) is 0 Å². The molecule has 2 aromatic heterocycles. The minimum atomic E-state index is -0.348. The van der Waals surface area contributed by atoms with Gasteiger partial charge in [-0.3, -0.25) is 9.59 Å². The summed E-state index contributed by atoms with van der Waals surface area (Å²) in [4.78, 5) is 32.6. The van der Waals surface area contributed by atoms with Gasteiger partial charge in [-0.25, -0.2) is 4.98 Å². The summed E-state index contributed by atoms with van der Waals surface area (Å²) in [6.07, 6.45) is 5.86. The monoisotopic (exact) mass is 418 g/mol. The van der Waals surface area contributed by atoms with Crippen molar-refractivity contribution in [2.75, 3.05) is 20.6 Å². The van der Waals surface area contributed by atoms with Crippen molar-refractivity contribution in [1.82, 2.24) is 25.9 Å². The number of carbonyl (C=O) groups is 2. The van der Waals surface area contributed by atoms with E-state index in [4.69, 9.17) is 5.41 Å². The number of nitrogens with zero attached hydrogens (tertiary/aromatic N) is 1. The number of benzene rings is 1. The lowest BCUT2D eigenvalue weighted by Gasteiger charge is -2.10. The van der Waals surface area contributed by atoms with Crippen LogP contribution >= 0.6 is 0 Å². The van der Waals surface area contributed by atoms with Crippen LogP contribution in [0.1, 0.15) is 38.5 Å². The van der Waals surface area contributed by atoms with E-state index in [9.17, 15) is 9.59 Å². The summed E-state index contributed by atoms with van der Waals surface area (Å²) in [7, 11) is 3.29. The van der Waals surface area contributed by atoms with E-state index in [0.717, 1.165) is 22.0 Å². The summed E-state index contributed by atoms with van der Waals surface area (Å²) in [5.41, 5.74) is 4.05. The van der Waals surface area contributed by atoms with Crippen molar-refractivity contribution in [3.05, 3.63) is 76.9 Å². The second-order valence-corrected chi connectivity index (χ2v) is 7.00. The minimum absolute atomic E-state index is 0.196. The highest BCUT2D eigenvalue weighted by Gasteiger charge is 2.15. The maximum Gasteiger partial charge on any atom is 0.269 e. The van der Waals surface area contributed by atoms with Crippen molar-refractivity contribution in [2.45, 2.75) is 12.8 Å². The second-order valence-electron chi connectivity index (χ2n) is 7.00. The molecule has 0 saturated carbocycles. The molecule has 0 fully saturated rings. The number of H-pyrrole nitrogens is 1. The Morgan fingerprint density at radius 3 is 2.74 bits per heavy atom. The van der Waals surface area contributed by atoms with Crippen LogP contribution < -0.4 is 16.0 Å². The van der Waals surface area contributed by atoms with E-state index in [0.29, 0.717) is 30.6 Å². The van der Waals surface area contributed by atoms with Crippen molar-refractivity contribution in [3.8, 4) is 0 Å². The first-order valence-corrected chi connectivity index (χ1v) is 9.98. The zero-order valence-corrected chi connectivity index (χ0v) is 17.6. The van der Waals surface area contributed by atoms with E-state index >= 15 is 0 Å². The van der Waals surface area contributed by atoms with Crippen molar-refractivity contribution in [3.63, 3.8) is 0 Å². The van der Waals surface area contributed by atoms with Crippen LogP contribution in [0.15, 0.2) is 54.4 Å². The predicted octanol–water partition coefficient (Wildman–Crippen LogP) is 2.39. The maximum absolute atomic E-state index is 12.7. The van der Waals surface area contributed by atoms with Gasteiger partial charge in [0.25, 0.3) is 11.8 Å². The first kappa shape index (κ1) is 21.8. The molecule has 0 spiro atoms. The van der Waals surface area contributed by atoms with Crippen LogP contribution in [0, 0.1) is 5.41 Å². The van der Waals surface area contributed by atoms with Gasteiger partial charge in [0.05, 0.1) is 0 Å². The third kappa shape index (κ3) is 5.36. The number of hydrogen-bond donors (Lipinski definition) is 5. The van der Waals surface area contributed by atoms with Gasteiger partial charge in [0.15, 0.2) is 0 Å². The summed E-state index contributed by atoms with van der Waals surface area (Å²) >= 11 is 0. The average Bonchev–Trinajstić information content (AvgIpc) is 3.27. The number of amides is 2. The van der Waals surface area contributed by atoms with E-state index in [1.807, 2.05) is 30.5 Å². The molecule has 0 unspecified atom stereocenters. The normalized spacial score (nSPS) is 11.2. The zero-order chi connectivity index (χ0) is 22.2. The molecule has 3 aromatic rings. The average molecular weight is 419 g/mol. The number of aromatic nitrogens is 2. The van der Waals surface area contributed by atoms with Gasteiger partial charge < -0.3 is 26.3 Å². The van der Waals surface area contributed by atoms with Crippen LogP contribution in [-0.2, 0) is 6.42 Å². The molecule has 3 rings (SSSR count). The number of carbonyl (C=O) groups excluding carboxylic acids is 2. The molecule has 0 bridgehead atoms. The number of nitrogens with one attached hydrogen (secondary N) is 5. The molecule has 2 heterocycles. The number of rotatable bonds is 9. The molecule has 8 heteroatoms. The van der Waals surface area contributed by atoms with E-state index in [1.54, 1.807) is 19.3 Å². The summed E-state index contributed by atoms with van der Waals surface area (Å²) < 4.78 is 0.